The summed E-state index contributed by atoms with van der Waals surface area (Å²) in [6.45, 7) is 11.0. The summed E-state index contributed by atoms with van der Waals surface area (Å²) in [5.74, 6) is 0. The average molecular weight is 234 g/mol. The fourth-order valence-corrected chi connectivity index (χ4v) is 1.69. The molecule has 0 aliphatic rings. The SMILES string of the molecule is Cc1ccc(C(C)(C)C)cc1NCCN(C)C. The Morgan fingerprint density at radius 1 is 1.18 bits per heavy atom. The highest BCUT2D eigenvalue weighted by Gasteiger charge is 2.14. The Labute approximate surface area is 106 Å². The lowest BCUT2D eigenvalue weighted by Crippen LogP contribution is -2.21. The Morgan fingerprint density at radius 3 is 2.35 bits per heavy atom. The first-order valence-corrected chi connectivity index (χ1v) is 6.30. The van der Waals surface area contributed by atoms with Crippen LogP contribution in [-0.4, -0.2) is 32.1 Å². The highest BCUT2D eigenvalue weighted by molar-refractivity contribution is 5.53. The number of likely N-dealkylation sites (N-methyl/N-ethyl adjacent to an activating group) is 1. The van der Waals surface area contributed by atoms with E-state index in [0.29, 0.717) is 0 Å². The van der Waals surface area contributed by atoms with E-state index in [1.165, 1.54) is 16.8 Å². The van der Waals surface area contributed by atoms with Crippen LogP contribution in [0.2, 0.25) is 0 Å². The minimum Gasteiger partial charge on any atom is -0.384 e. The van der Waals surface area contributed by atoms with Crippen molar-refractivity contribution in [3.63, 3.8) is 0 Å². The first-order chi connectivity index (χ1) is 7.80. The minimum absolute atomic E-state index is 0.214. The average Bonchev–Trinajstić information content (AvgIpc) is 2.18. The molecule has 0 bridgehead atoms. The number of aryl methyl sites for hydroxylation is 1. The van der Waals surface area contributed by atoms with E-state index in [1.54, 1.807) is 0 Å². The fraction of sp³-hybridized carbons (Fsp3) is 0.600. The molecular formula is C15H26N2. The molecule has 0 aliphatic heterocycles. The van der Waals surface area contributed by atoms with Crippen molar-refractivity contribution in [1.82, 2.24) is 4.90 Å². The van der Waals surface area contributed by atoms with Crippen LogP contribution >= 0.6 is 0 Å². The second-order valence-electron chi connectivity index (χ2n) is 6.01. The molecule has 2 nitrogen and oxygen atoms in total. The van der Waals surface area contributed by atoms with Crippen molar-refractivity contribution < 1.29 is 0 Å². The number of hydrogen-bond acceptors (Lipinski definition) is 2. The lowest BCUT2D eigenvalue weighted by atomic mass is 9.86. The van der Waals surface area contributed by atoms with Gasteiger partial charge in [-0.05, 0) is 43.6 Å². The van der Waals surface area contributed by atoms with Crippen molar-refractivity contribution in [2.24, 2.45) is 0 Å². The van der Waals surface area contributed by atoms with E-state index in [4.69, 9.17) is 0 Å². The van der Waals surface area contributed by atoms with Gasteiger partial charge in [0, 0.05) is 18.8 Å². The fourth-order valence-electron chi connectivity index (χ4n) is 1.69. The maximum atomic E-state index is 3.52. The summed E-state index contributed by atoms with van der Waals surface area (Å²) in [6, 6.07) is 6.72. The summed E-state index contributed by atoms with van der Waals surface area (Å²) in [7, 11) is 4.19. The molecule has 96 valence electrons. The summed E-state index contributed by atoms with van der Waals surface area (Å²) in [5.41, 5.74) is 4.18. The molecule has 1 aromatic rings. The molecule has 1 N–H and O–H groups in total. The van der Waals surface area contributed by atoms with Gasteiger partial charge in [-0.3, -0.25) is 0 Å². The van der Waals surface area contributed by atoms with E-state index in [2.05, 4.69) is 70.2 Å². The van der Waals surface area contributed by atoms with Gasteiger partial charge < -0.3 is 10.2 Å². The van der Waals surface area contributed by atoms with Crippen molar-refractivity contribution in [2.75, 3.05) is 32.5 Å². The molecule has 0 atom stereocenters. The Balaban J connectivity index is 2.77. The van der Waals surface area contributed by atoms with Crippen LogP contribution < -0.4 is 5.32 Å². The molecule has 0 aromatic heterocycles. The van der Waals surface area contributed by atoms with Gasteiger partial charge in [0.1, 0.15) is 0 Å². The molecule has 1 rings (SSSR count). The number of nitrogens with one attached hydrogen (secondary N) is 1. The summed E-state index contributed by atoms with van der Waals surface area (Å²) < 4.78 is 0. The molecule has 0 saturated heterocycles. The minimum atomic E-state index is 0.214. The van der Waals surface area contributed by atoms with Crippen molar-refractivity contribution in [2.45, 2.75) is 33.1 Å². The monoisotopic (exact) mass is 234 g/mol. The normalized spacial score (nSPS) is 11.9. The number of anilines is 1. The van der Waals surface area contributed by atoms with Gasteiger partial charge in [0.2, 0.25) is 0 Å². The zero-order valence-electron chi connectivity index (χ0n) is 12.1. The third-order valence-electron chi connectivity index (χ3n) is 2.98. The molecule has 0 radical (unpaired) electrons. The Hall–Kier alpha value is -1.02. The molecular weight excluding hydrogens is 208 g/mol. The van der Waals surface area contributed by atoms with Gasteiger partial charge in [0.25, 0.3) is 0 Å². The van der Waals surface area contributed by atoms with Crippen LogP contribution in [0.15, 0.2) is 18.2 Å². The maximum Gasteiger partial charge on any atom is 0.0373 e. The van der Waals surface area contributed by atoms with Gasteiger partial charge in [-0.2, -0.15) is 0 Å². The molecule has 2 heteroatoms. The molecule has 0 spiro atoms. The number of benzene rings is 1. The molecule has 1 aromatic carbocycles. The lowest BCUT2D eigenvalue weighted by molar-refractivity contribution is 0.425. The molecule has 17 heavy (non-hydrogen) atoms. The number of hydrogen-bond donors (Lipinski definition) is 1. The van der Waals surface area contributed by atoms with Crippen molar-refractivity contribution >= 4 is 5.69 Å². The highest BCUT2D eigenvalue weighted by Crippen LogP contribution is 2.26. The van der Waals surface area contributed by atoms with Gasteiger partial charge in [-0.1, -0.05) is 32.9 Å². The van der Waals surface area contributed by atoms with Crippen LogP contribution in [0.5, 0.6) is 0 Å². The van der Waals surface area contributed by atoms with E-state index in [1.807, 2.05) is 0 Å². The van der Waals surface area contributed by atoms with E-state index < -0.39 is 0 Å². The second-order valence-corrected chi connectivity index (χ2v) is 6.01. The quantitative estimate of drug-likeness (QED) is 0.860. The van der Waals surface area contributed by atoms with Gasteiger partial charge >= 0.3 is 0 Å². The molecule has 0 heterocycles. The van der Waals surface area contributed by atoms with E-state index in [0.717, 1.165) is 13.1 Å². The summed E-state index contributed by atoms with van der Waals surface area (Å²) in [4.78, 5) is 2.19. The Morgan fingerprint density at radius 2 is 1.82 bits per heavy atom. The molecule has 0 saturated carbocycles. The summed E-state index contributed by atoms with van der Waals surface area (Å²) >= 11 is 0. The van der Waals surface area contributed by atoms with Crippen LogP contribution in [0, 0.1) is 6.92 Å². The van der Waals surface area contributed by atoms with Crippen LogP contribution in [0.25, 0.3) is 0 Å². The van der Waals surface area contributed by atoms with Crippen LogP contribution in [0.1, 0.15) is 31.9 Å². The standard InChI is InChI=1S/C15H26N2/c1-12-7-8-13(15(2,3)4)11-14(12)16-9-10-17(5)6/h7-8,11,16H,9-10H2,1-6H3. The number of nitrogens with zero attached hydrogens (tertiary/aromatic N) is 1. The third-order valence-corrected chi connectivity index (χ3v) is 2.98. The van der Waals surface area contributed by atoms with Crippen molar-refractivity contribution in [3.8, 4) is 0 Å². The van der Waals surface area contributed by atoms with E-state index in [9.17, 15) is 0 Å². The van der Waals surface area contributed by atoms with E-state index in [-0.39, 0.29) is 5.41 Å². The first-order valence-electron chi connectivity index (χ1n) is 6.30. The first kappa shape index (κ1) is 14.0. The number of rotatable bonds is 4. The predicted molar refractivity (Wildman–Crippen MR) is 76.9 cm³/mol. The van der Waals surface area contributed by atoms with E-state index >= 15 is 0 Å². The third kappa shape index (κ3) is 4.39. The van der Waals surface area contributed by atoms with Crippen molar-refractivity contribution in [3.05, 3.63) is 29.3 Å². The van der Waals surface area contributed by atoms with Gasteiger partial charge in [0.05, 0.1) is 0 Å². The second kappa shape index (κ2) is 5.54. The van der Waals surface area contributed by atoms with Gasteiger partial charge in [-0.25, -0.2) is 0 Å². The zero-order valence-corrected chi connectivity index (χ0v) is 12.1. The van der Waals surface area contributed by atoms with Crippen molar-refractivity contribution in [1.29, 1.82) is 0 Å². The van der Waals surface area contributed by atoms with Crippen LogP contribution in [0.3, 0.4) is 0 Å². The molecule has 0 fully saturated rings. The molecule has 0 aliphatic carbocycles. The smallest absolute Gasteiger partial charge is 0.0373 e. The maximum absolute atomic E-state index is 3.52. The van der Waals surface area contributed by atoms with Crippen LogP contribution in [-0.2, 0) is 5.41 Å². The zero-order chi connectivity index (χ0) is 13.1. The largest absolute Gasteiger partial charge is 0.384 e. The molecule has 0 amide bonds. The van der Waals surface area contributed by atoms with Gasteiger partial charge in [0.15, 0.2) is 0 Å². The lowest BCUT2D eigenvalue weighted by Gasteiger charge is -2.21. The summed E-state index contributed by atoms with van der Waals surface area (Å²) in [6.07, 6.45) is 0. The topological polar surface area (TPSA) is 15.3 Å². The summed E-state index contributed by atoms with van der Waals surface area (Å²) in [5, 5.41) is 3.52. The Bertz CT molecular complexity index is 362. The highest BCUT2D eigenvalue weighted by atomic mass is 15.1. The van der Waals surface area contributed by atoms with Crippen LogP contribution in [0.4, 0.5) is 5.69 Å². The Kier molecular flexibility index (Phi) is 4.58. The predicted octanol–water partition coefficient (Wildman–Crippen LogP) is 3.27. The molecule has 0 unspecified atom stereocenters. The van der Waals surface area contributed by atoms with Gasteiger partial charge in [-0.15, -0.1) is 0 Å².